The second kappa shape index (κ2) is 16.1. The standard InChI is InChI=1S/C32H39Cl2N3O7S/c1-7-21(3)35-32(39)22(4)36(19-23-9-10-24(33)17-28(23)34)31(38)20-37(25-11-13-26(14-12-25)44-8-2)45(40,41)27-15-16-29(42-5)30(18-27)43-6/h9-18,21-22H,7-8,19-20H2,1-6H3,(H,35,39)/t21-,22-/m0/s1. The van der Waals surface area contributed by atoms with Crippen molar-refractivity contribution in [3.63, 3.8) is 0 Å². The van der Waals surface area contributed by atoms with Crippen LogP contribution in [0, 0.1) is 0 Å². The van der Waals surface area contributed by atoms with Gasteiger partial charge in [0.15, 0.2) is 11.5 Å². The van der Waals surface area contributed by atoms with Crippen LogP contribution in [-0.4, -0.2) is 64.6 Å². The molecule has 0 aromatic heterocycles. The molecule has 0 saturated heterocycles. The summed E-state index contributed by atoms with van der Waals surface area (Å²) in [5.74, 6) is 0.0486. The first-order chi connectivity index (χ1) is 21.4. The number of carbonyl (C=O) groups is 2. The fraction of sp³-hybridized carbons (Fsp3) is 0.375. The summed E-state index contributed by atoms with van der Waals surface area (Å²) in [7, 11) is -1.52. The molecule has 13 heteroatoms. The Labute approximate surface area is 275 Å². The van der Waals surface area contributed by atoms with Crippen LogP contribution in [0.15, 0.2) is 65.6 Å². The van der Waals surface area contributed by atoms with Gasteiger partial charge in [0.2, 0.25) is 11.8 Å². The predicted molar refractivity (Wildman–Crippen MR) is 176 cm³/mol. The molecule has 0 unspecified atom stereocenters. The molecular formula is C32H39Cl2N3O7S. The van der Waals surface area contributed by atoms with Gasteiger partial charge in [0.25, 0.3) is 10.0 Å². The van der Waals surface area contributed by atoms with Crippen molar-refractivity contribution >= 4 is 50.7 Å². The molecule has 45 heavy (non-hydrogen) atoms. The van der Waals surface area contributed by atoms with Gasteiger partial charge in [-0.25, -0.2) is 8.42 Å². The van der Waals surface area contributed by atoms with E-state index in [4.69, 9.17) is 37.4 Å². The van der Waals surface area contributed by atoms with Gasteiger partial charge in [-0.15, -0.1) is 0 Å². The molecule has 244 valence electrons. The van der Waals surface area contributed by atoms with E-state index in [0.29, 0.717) is 40.1 Å². The highest BCUT2D eigenvalue weighted by molar-refractivity contribution is 7.92. The molecule has 3 aromatic carbocycles. The van der Waals surface area contributed by atoms with E-state index in [9.17, 15) is 18.0 Å². The third kappa shape index (κ3) is 8.96. The largest absolute Gasteiger partial charge is 0.494 e. The Morgan fingerprint density at radius 2 is 1.58 bits per heavy atom. The Morgan fingerprint density at radius 1 is 0.911 bits per heavy atom. The fourth-order valence-corrected chi connectivity index (χ4v) is 6.29. The van der Waals surface area contributed by atoms with Crippen molar-refractivity contribution in [2.45, 2.75) is 57.6 Å². The Kier molecular flexibility index (Phi) is 12.8. The molecule has 0 aliphatic rings. The van der Waals surface area contributed by atoms with Crippen molar-refractivity contribution < 1.29 is 32.2 Å². The number of hydrogen-bond donors (Lipinski definition) is 1. The Bertz CT molecular complexity index is 1590. The van der Waals surface area contributed by atoms with E-state index in [2.05, 4.69) is 5.32 Å². The lowest BCUT2D eigenvalue weighted by atomic mass is 10.1. The van der Waals surface area contributed by atoms with E-state index in [-0.39, 0.29) is 28.9 Å². The molecule has 0 spiro atoms. The zero-order valence-electron chi connectivity index (χ0n) is 26.2. The summed E-state index contributed by atoms with van der Waals surface area (Å²) in [4.78, 5) is 28.6. The van der Waals surface area contributed by atoms with Crippen LogP contribution >= 0.6 is 23.2 Å². The molecule has 0 aliphatic heterocycles. The van der Waals surface area contributed by atoms with Crippen LogP contribution in [0.2, 0.25) is 10.0 Å². The summed E-state index contributed by atoms with van der Waals surface area (Å²) in [6.45, 7) is 6.93. The van der Waals surface area contributed by atoms with Crippen molar-refractivity contribution in [1.82, 2.24) is 10.2 Å². The highest BCUT2D eigenvalue weighted by Gasteiger charge is 2.33. The predicted octanol–water partition coefficient (Wildman–Crippen LogP) is 5.94. The number of nitrogens with zero attached hydrogens (tertiary/aromatic N) is 2. The van der Waals surface area contributed by atoms with Crippen molar-refractivity contribution in [1.29, 1.82) is 0 Å². The first kappa shape index (κ1) is 35.8. The maximum atomic E-state index is 14.2. The highest BCUT2D eigenvalue weighted by atomic mass is 35.5. The van der Waals surface area contributed by atoms with Gasteiger partial charge < -0.3 is 24.4 Å². The average Bonchev–Trinajstić information content (AvgIpc) is 3.02. The minimum Gasteiger partial charge on any atom is -0.494 e. The van der Waals surface area contributed by atoms with Gasteiger partial charge in [-0.2, -0.15) is 0 Å². The number of anilines is 1. The van der Waals surface area contributed by atoms with E-state index in [1.165, 1.54) is 37.3 Å². The number of halogens is 2. The maximum absolute atomic E-state index is 14.2. The van der Waals surface area contributed by atoms with Gasteiger partial charge in [-0.3, -0.25) is 13.9 Å². The maximum Gasteiger partial charge on any atom is 0.264 e. The summed E-state index contributed by atoms with van der Waals surface area (Å²) in [5.41, 5.74) is 0.746. The van der Waals surface area contributed by atoms with E-state index in [1.54, 1.807) is 49.4 Å². The number of hydrogen-bond acceptors (Lipinski definition) is 7. The monoisotopic (exact) mass is 679 g/mol. The van der Waals surface area contributed by atoms with Gasteiger partial charge >= 0.3 is 0 Å². The lowest BCUT2D eigenvalue weighted by Crippen LogP contribution is -2.52. The van der Waals surface area contributed by atoms with Crippen molar-refractivity contribution in [3.8, 4) is 17.2 Å². The summed E-state index contributed by atoms with van der Waals surface area (Å²) >= 11 is 12.5. The second-order valence-electron chi connectivity index (χ2n) is 10.2. The minimum absolute atomic E-state index is 0.0720. The molecule has 0 saturated carbocycles. The molecule has 0 aliphatic carbocycles. The van der Waals surface area contributed by atoms with Crippen molar-refractivity contribution in [2.24, 2.45) is 0 Å². The molecule has 3 rings (SSSR count). The van der Waals surface area contributed by atoms with Crippen LogP contribution in [0.1, 0.15) is 39.7 Å². The summed E-state index contributed by atoms with van der Waals surface area (Å²) in [6.07, 6.45) is 0.685. The SMILES string of the molecule is CCOc1ccc(N(CC(=O)N(Cc2ccc(Cl)cc2Cl)[C@@H](C)C(=O)N[C@@H](C)CC)S(=O)(=O)c2ccc(OC)c(OC)c2)cc1. The first-order valence-electron chi connectivity index (χ1n) is 14.4. The Morgan fingerprint density at radius 3 is 2.16 bits per heavy atom. The van der Waals surface area contributed by atoms with Gasteiger partial charge in [0, 0.05) is 28.7 Å². The molecule has 0 bridgehead atoms. The molecule has 1 N–H and O–H groups in total. The average molecular weight is 681 g/mol. The number of sulfonamides is 1. The molecule has 2 amide bonds. The van der Waals surface area contributed by atoms with E-state index in [0.717, 1.165) is 4.31 Å². The van der Waals surface area contributed by atoms with Gasteiger partial charge in [-0.1, -0.05) is 36.2 Å². The summed E-state index contributed by atoms with van der Waals surface area (Å²) in [6, 6.07) is 14.2. The van der Waals surface area contributed by atoms with Crippen LogP contribution in [0.3, 0.4) is 0 Å². The third-order valence-electron chi connectivity index (χ3n) is 7.18. The quantitative estimate of drug-likeness (QED) is 0.212. The number of benzene rings is 3. The lowest BCUT2D eigenvalue weighted by Gasteiger charge is -2.32. The number of rotatable bonds is 15. The van der Waals surface area contributed by atoms with Crippen LogP contribution < -0.4 is 23.8 Å². The summed E-state index contributed by atoms with van der Waals surface area (Å²) in [5, 5.41) is 3.61. The molecule has 0 fully saturated rings. The van der Waals surface area contributed by atoms with E-state index in [1.807, 2.05) is 20.8 Å². The van der Waals surface area contributed by atoms with Crippen LogP contribution in [0.25, 0.3) is 0 Å². The van der Waals surface area contributed by atoms with Crippen LogP contribution in [-0.2, 0) is 26.2 Å². The smallest absolute Gasteiger partial charge is 0.264 e. The minimum atomic E-state index is -4.36. The van der Waals surface area contributed by atoms with Crippen LogP contribution in [0.4, 0.5) is 5.69 Å². The normalized spacial score (nSPS) is 12.5. The van der Waals surface area contributed by atoms with E-state index >= 15 is 0 Å². The number of nitrogens with one attached hydrogen (secondary N) is 1. The molecule has 0 heterocycles. The second-order valence-corrected chi connectivity index (χ2v) is 12.9. The topological polar surface area (TPSA) is 114 Å². The highest BCUT2D eigenvalue weighted by Crippen LogP contribution is 2.33. The molecule has 10 nitrogen and oxygen atoms in total. The van der Waals surface area contributed by atoms with Gasteiger partial charge in [0.05, 0.1) is 31.4 Å². The molecule has 2 atom stereocenters. The number of methoxy groups -OCH3 is 2. The molecule has 3 aromatic rings. The van der Waals surface area contributed by atoms with Crippen LogP contribution in [0.5, 0.6) is 17.2 Å². The third-order valence-corrected chi connectivity index (χ3v) is 9.54. The number of carbonyl (C=O) groups excluding carboxylic acids is 2. The summed E-state index contributed by atoms with van der Waals surface area (Å²) < 4.78 is 45.6. The molecular weight excluding hydrogens is 641 g/mol. The van der Waals surface area contributed by atoms with E-state index < -0.39 is 34.4 Å². The fourth-order valence-electron chi connectivity index (χ4n) is 4.39. The Hall–Kier alpha value is -3.67. The number of amides is 2. The lowest BCUT2D eigenvalue weighted by molar-refractivity contribution is -0.139. The first-order valence-corrected chi connectivity index (χ1v) is 16.6. The zero-order chi connectivity index (χ0) is 33.3. The molecule has 0 radical (unpaired) electrons. The van der Waals surface area contributed by atoms with Gasteiger partial charge in [-0.05, 0) is 81.3 Å². The Balaban J connectivity index is 2.10. The van der Waals surface area contributed by atoms with Crippen molar-refractivity contribution in [3.05, 3.63) is 76.3 Å². The number of ether oxygens (including phenoxy) is 3. The zero-order valence-corrected chi connectivity index (χ0v) is 28.5. The van der Waals surface area contributed by atoms with Crippen molar-refractivity contribution in [2.75, 3.05) is 31.7 Å². The van der Waals surface area contributed by atoms with Gasteiger partial charge in [0.1, 0.15) is 18.3 Å².